The van der Waals surface area contributed by atoms with Crippen LogP contribution >= 0.6 is 0 Å². The molecule has 2 aromatic carbocycles. The Labute approximate surface area is 117 Å². The molecule has 104 valence electrons. The summed E-state index contributed by atoms with van der Waals surface area (Å²) in [6.45, 7) is 0. The second kappa shape index (κ2) is 5.92. The van der Waals surface area contributed by atoms with Gasteiger partial charge in [0.1, 0.15) is 11.6 Å². The van der Waals surface area contributed by atoms with Crippen LogP contribution in [0, 0.1) is 11.6 Å². The van der Waals surface area contributed by atoms with E-state index in [0.717, 1.165) is 12.1 Å². The molecule has 0 saturated carbocycles. The minimum absolute atomic E-state index is 0.0976. The van der Waals surface area contributed by atoms with Crippen LogP contribution in [0.1, 0.15) is 10.4 Å². The van der Waals surface area contributed by atoms with Gasteiger partial charge in [0, 0.05) is 33.6 Å². The summed E-state index contributed by atoms with van der Waals surface area (Å²) in [5.41, 5.74) is 0.197. The van der Waals surface area contributed by atoms with Gasteiger partial charge in [-0.25, -0.2) is 8.78 Å². The summed E-state index contributed by atoms with van der Waals surface area (Å²) >= 11 is 0. The Balaban J connectivity index is 2.17. The summed E-state index contributed by atoms with van der Waals surface area (Å²) in [6, 6.07) is 9.01. The first-order valence-electron chi connectivity index (χ1n) is 5.67. The summed E-state index contributed by atoms with van der Waals surface area (Å²) in [4.78, 5) is 12.5. The topological polar surface area (TPSA) is 46.2 Å². The monoisotopic (exact) mass is 295 g/mol. The molecule has 2 aromatic rings. The number of carbonyl (C=O) groups excluding carboxylic acids is 1. The molecule has 3 nitrogen and oxygen atoms in total. The van der Waals surface area contributed by atoms with Crippen molar-refractivity contribution in [2.45, 2.75) is 4.90 Å². The molecule has 0 fully saturated rings. The Morgan fingerprint density at radius 1 is 1.10 bits per heavy atom. The number of carbonyl (C=O) groups is 1. The first-order chi connectivity index (χ1) is 9.47. The van der Waals surface area contributed by atoms with Crippen LogP contribution in [0.4, 0.5) is 14.5 Å². The number of nitrogens with one attached hydrogen (secondary N) is 1. The van der Waals surface area contributed by atoms with Gasteiger partial charge in [0.05, 0.1) is 5.69 Å². The van der Waals surface area contributed by atoms with Crippen molar-refractivity contribution >= 4 is 22.4 Å². The van der Waals surface area contributed by atoms with Crippen molar-refractivity contribution in [1.82, 2.24) is 0 Å². The molecule has 0 aromatic heterocycles. The highest BCUT2D eigenvalue weighted by atomic mass is 32.2. The molecule has 1 unspecified atom stereocenters. The molecule has 20 heavy (non-hydrogen) atoms. The zero-order chi connectivity index (χ0) is 14.7. The number of hydrogen-bond acceptors (Lipinski definition) is 2. The van der Waals surface area contributed by atoms with Gasteiger partial charge in [-0.05, 0) is 36.4 Å². The van der Waals surface area contributed by atoms with Gasteiger partial charge < -0.3 is 5.32 Å². The number of anilines is 1. The molecular formula is C14H11F2NO2S. The van der Waals surface area contributed by atoms with Gasteiger partial charge in [0.25, 0.3) is 5.91 Å². The minimum Gasteiger partial charge on any atom is -0.319 e. The normalized spacial score (nSPS) is 11.9. The zero-order valence-corrected chi connectivity index (χ0v) is 11.3. The van der Waals surface area contributed by atoms with Crippen molar-refractivity contribution in [3.8, 4) is 0 Å². The maximum absolute atomic E-state index is 13.4. The van der Waals surface area contributed by atoms with Gasteiger partial charge in [0.2, 0.25) is 0 Å². The maximum atomic E-state index is 13.4. The third kappa shape index (κ3) is 3.27. The van der Waals surface area contributed by atoms with Crippen LogP contribution in [-0.2, 0) is 10.8 Å². The number of rotatable bonds is 3. The van der Waals surface area contributed by atoms with E-state index in [1.807, 2.05) is 0 Å². The predicted molar refractivity (Wildman–Crippen MR) is 73.1 cm³/mol. The molecule has 0 spiro atoms. The van der Waals surface area contributed by atoms with Crippen LogP contribution in [-0.4, -0.2) is 16.4 Å². The average molecular weight is 295 g/mol. The van der Waals surface area contributed by atoms with Gasteiger partial charge >= 0.3 is 0 Å². The third-order valence-electron chi connectivity index (χ3n) is 2.63. The smallest absolute Gasteiger partial charge is 0.255 e. The van der Waals surface area contributed by atoms with Crippen molar-refractivity contribution in [3.05, 3.63) is 59.7 Å². The van der Waals surface area contributed by atoms with E-state index in [4.69, 9.17) is 0 Å². The predicted octanol–water partition coefficient (Wildman–Crippen LogP) is 2.95. The van der Waals surface area contributed by atoms with Crippen LogP contribution in [0.3, 0.4) is 0 Å². The molecule has 6 heteroatoms. The number of amides is 1. The van der Waals surface area contributed by atoms with Crippen molar-refractivity contribution in [1.29, 1.82) is 0 Å². The molecule has 1 N–H and O–H groups in total. The molecule has 0 aliphatic rings. The van der Waals surface area contributed by atoms with E-state index in [0.29, 0.717) is 16.5 Å². The highest BCUT2D eigenvalue weighted by Gasteiger charge is 2.10. The lowest BCUT2D eigenvalue weighted by Gasteiger charge is -2.07. The van der Waals surface area contributed by atoms with Gasteiger partial charge in [0.15, 0.2) is 0 Å². The van der Waals surface area contributed by atoms with Crippen LogP contribution in [0.15, 0.2) is 47.4 Å². The molecule has 0 aliphatic carbocycles. The summed E-state index contributed by atoms with van der Waals surface area (Å²) < 4.78 is 37.4. The fourth-order valence-corrected chi connectivity index (χ4v) is 2.10. The number of benzene rings is 2. The molecular weight excluding hydrogens is 284 g/mol. The fraction of sp³-hybridized carbons (Fsp3) is 0.0714. The number of halogens is 2. The van der Waals surface area contributed by atoms with Crippen LogP contribution in [0.2, 0.25) is 0 Å². The van der Waals surface area contributed by atoms with E-state index in [-0.39, 0.29) is 5.69 Å². The standard InChI is InChI=1S/C14H11F2NO2S/c1-20(19)11-5-2-9(3-6-11)14(18)17-13-7-4-10(15)8-12(13)16/h2-8H,1H3,(H,17,18). The molecule has 1 amide bonds. The first kappa shape index (κ1) is 14.3. The lowest BCUT2D eigenvalue weighted by Crippen LogP contribution is -2.13. The Kier molecular flexibility index (Phi) is 4.24. The van der Waals surface area contributed by atoms with Crippen LogP contribution < -0.4 is 5.32 Å². The second-order valence-corrected chi connectivity index (χ2v) is 5.44. The Morgan fingerprint density at radius 2 is 1.75 bits per heavy atom. The first-order valence-corrected chi connectivity index (χ1v) is 7.23. The lowest BCUT2D eigenvalue weighted by molar-refractivity contribution is 0.102. The lowest BCUT2D eigenvalue weighted by atomic mass is 10.2. The molecule has 0 saturated heterocycles. The zero-order valence-electron chi connectivity index (χ0n) is 10.5. The van der Waals surface area contributed by atoms with Crippen LogP contribution in [0.5, 0.6) is 0 Å². The minimum atomic E-state index is -1.13. The highest BCUT2D eigenvalue weighted by molar-refractivity contribution is 7.84. The maximum Gasteiger partial charge on any atom is 0.255 e. The SMILES string of the molecule is CS(=O)c1ccc(C(=O)Nc2ccc(F)cc2F)cc1. The van der Waals surface area contributed by atoms with Crippen molar-refractivity contribution in [2.24, 2.45) is 0 Å². The summed E-state index contributed by atoms with van der Waals surface area (Å²) in [5, 5.41) is 2.35. The summed E-state index contributed by atoms with van der Waals surface area (Å²) in [5.74, 6) is -2.08. The summed E-state index contributed by atoms with van der Waals surface area (Å²) in [7, 11) is -1.13. The molecule has 1 atom stereocenters. The largest absolute Gasteiger partial charge is 0.319 e. The van der Waals surface area contributed by atoms with Crippen molar-refractivity contribution in [2.75, 3.05) is 11.6 Å². The molecule has 0 heterocycles. The Morgan fingerprint density at radius 3 is 2.30 bits per heavy atom. The highest BCUT2D eigenvalue weighted by Crippen LogP contribution is 2.16. The Hall–Kier alpha value is -2.08. The summed E-state index contributed by atoms with van der Waals surface area (Å²) in [6.07, 6.45) is 1.53. The van der Waals surface area contributed by atoms with Gasteiger partial charge in [-0.1, -0.05) is 0 Å². The molecule has 0 radical (unpaired) electrons. The van der Waals surface area contributed by atoms with Crippen molar-refractivity contribution < 1.29 is 17.8 Å². The van der Waals surface area contributed by atoms with E-state index in [2.05, 4.69) is 5.32 Å². The molecule has 0 bridgehead atoms. The van der Waals surface area contributed by atoms with Gasteiger partial charge in [-0.2, -0.15) is 0 Å². The van der Waals surface area contributed by atoms with Gasteiger partial charge in [-0.15, -0.1) is 0 Å². The quantitative estimate of drug-likeness (QED) is 0.946. The van der Waals surface area contributed by atoms with E-state index in [1.54, 1.807) is 12.1 Å². The third-order valence-corrected chi connectivity index (χ3v) is 3.56. The average Bonchev–Trinajstić information content (AvgIpc) is 2.42. The molecule has 0 aliphatic heterocycles. The van der Waals surface area contributed by atoms with Crippen molar-refractivity contribution in [3.63, 3.8) is 0 Å². The van der Waals surface area contributed by atoms with Crippen LogP contribution in [0.25, 0.3) is 0 Å². The Bertz CT molecular complexity index is 671. The van der Waals surface area contributed by atoms with E-state index >= 15 is 0 Å². The fourth-order valence-electron chi connectivity index (χ4n) is 1.58. The second-order valence-electron chi connectivity index (χ2n) is 4.06. The van der Waals surface area contributed by atoms with E-state index in [9.17, 15) is 17.8 Å². The molecule has 2 rings (SSSR count). The van der Waals surface area contributed by atoms with Gasteiger partial charge in [-0.3, -0.25) is 9.00 Å². The van der Waals surface area contributed by atoms with E-state index < -0.39 is 28.3 Å². The number of hydrogen-bond donors (Lipinski definition) is 1. The van der Waals surface area contributed by atoms with E-state index in [1.165, 1.54) is 18.4 Å².